The topological polar surface area (TPSA) is 26.0 Å². The summed E-state index contributed by atoms with van der Waals surface area (Å²) < 4.78 is 0. The van der Waals surface area contributed by atoms with Gasteiger partial charge in [-0.05, 0) is 17.0 Å². The Bertz CT molecular complexity index is 212. The van der Waals surface area contributed by atoms with Gasteiger partial charge in [0, 0.05) is 0 Å². The summed E-state index contributed by atoms with van der Waals surface area (Å²) in [6.07, 6.45) is 0. The number of rotatable bonds is 2. The summed E-state index contributed by atoms with van der Waals surface area (Å²) >= 11 is 3.32. The minimum absolute atomic E-state index is 0.0429. The van der Waals surface area contributed by atoms with Crippen LogP contribution in [0.3, 0.4) is 0 Å². The van der Waals surface area contributed by atoms with E-state index in [2.05, 4.69) is 54.0 Å². The van der Waals surface area contributed by atoms with Gasteiger partial charge in [0.05, 0.1) is 4.95 Å². The summed E-state index contributed by atoms with van der Waals surface area (Å²) in [4.78, 5) is -0.0429. The van der Waals surface area contributed by atoms with Crippen LogP contribution in [0, 0.1) is 0 Å². The molecule has 0 bridgehead atoms. The molecule has 1 aromatic rings. The van der Waals surface area contributed by atoms with Gasteiger partial charge in [-0.25, -0.2) is 0 Å². The third-order valence-corrected chi connectivity index (χ3v) is 2.45. The van der Waals surface area contributed by atoms with Crippen LogP contribution in [0.4, 0.5) is 0 Å². The van der Waals surface area contributed by atoms with E-state index in [4.69, 9.17) is 5.73 Å². The van der Waals surface area contributed by atoms with Crippen molar-refractivity contribution in [3.05, 3.63) is 35.4 Å². The van der Waals surface area contributed by atoms with Gasteiger partial charge in [0.15, 0.2) is 0 Å². The molecule has 0 amide bonds. The minimum Gasteiger partial charge on any atom is -0.315 e. The highest BCUT2D eigenvalue weighted by Gasteiger charge is 2.01. The molecule has 0 aliphatic carbocycles. The zero-order valence-electron chi connectivity index (χ0n) is 7.42. The lowest BCUT2D eigenvalue weighted by molar-refractivity contribution is 0.864. The summed E-state index contributed by atoms with van der Waals surface area (Å²) in [6.45, 7) is 4.37. The van der Waals surface area contributed by atoms with Gasteiger partial charge in [-0.2, -0.15) is 0 Å². The van der Waals surface area contributed by atoms with E-state index < -0.39 is 0 Å². The van der Waals surface area contributed by atoms with Gasteiger partial charge in [-0.1, -0.05) is 54.0 Å². The smallest absolute Gasteiger partial charge is 0.0861 e. The molecule has 0 aliphatic heterocycles. The highest BCUT2D eigenvalue weighted by molar-refractivity contribution is 9.09. The van der Waals surface area contributed by atoms with Crippen molar-refractivity contribution in [3.8, 4) is 0 Å². The van der Waals surface area contributed by atoms with Crippen LogP contribution in [-0.2, 0) is 0 Å². The van der Waals surface area contributed by atoms with Crippen LogP contribution in [0.25, 0.3) is 0 Å². The van der Waals surface area contributed by atoms with E-state index in [0.717, 1.165) is 5.56 Å². The second kappa shape index (κ2) is 4.06. The summed E-state index contributed by atoms with van der Waals surface area (Å²) in [6, 6.07) is 8.38. The van der Waals surface area contributed by atoms with Gasteiger partial charge >= 0.3 is 0 Å². The lowest BCUT2D eigenvalue weighted by atomic mass is 10.0. The molecule has 1 atom stereocenters. The van der Waals surface area contributed by atoms with E-state index >= 15 is 0 Å². The van der Waals surface area contributed by atoms with Crippen molar-refractivity contribution in [1.29, 1.82) is 0 Å². The lowest BCUT2D eigenvalue weighted by Gasteiger charge is -2.07. The van der Waals surface area contributed by atoms with Gasteiger partial charge in [0.2, 0.25) is 0 Å². The highest BCUT2D eigenvalue weighted by atomic mass is 79.9. The van der Waals surface area contributed by atoms with E-state index in [1.807, 2.05) is 0 Å². The molecule has 1 aromatic carbocycles. The van der Waals surface area contributed by atoms with Crippen molar-refractivity contribution in [3.63, 3.8) is 0 Å². The number of hydrogen-bond donors (Lipinski definition) is 1. The maximum atomic E-state index is 5.66. The van der Waals surface area contributed by atoms with E-state index in [1.165, 1.54) is 5.56 Å². The van der Waals surface area contributed by atoms with Gasteiger partial charge in [-0.15, -0.1) is 0 Å². The number of hydrogen-bond acceptors (Lipinski definition) is 1. The van der Waals surface area contributed by atoms with Gasteiger partial charge < -0.3 is 5.73 Å². The summed E-state index contributed by atoms with van der Waals surface area (Å²) in [7, 11) is 0. The fourth-order valence-electron chi connectivity index (χ4n) is 1.06. The first-order valence-corrected chi connectivity index (χ1v) is 5.02. The van der Waals surface area contributed by atoms with Gasteiger partial charge in [-0.3, -0.25) is 0 Å². The maximum absolute atomic E-state index is 5.66. The molecule has 66 valence electrons. The number of benzene rings is 1. The zero-order valence-corrected chi connectivity index (χ0v) is 9.01. The molecule has 0 radical (unpaired) electrons. The molecule has 1 unspecified atom stereocenters. The summed E-state index contributed by atoms with van der Waals surface area (Å²) in [5, 5.41) is 0. The van der Waals surface area contributed by atoms with Crippen molar-refractivity contribution in [2.45, 2.75) is 24.7 Å². The Balaban J connectivity index is 2.86. The predicted octanol–water partition coefficient (Wildman–Crippen LogP) is 3.16. The predicted molar refractivity (Wildman–Crippen MR) is 56.4 cm³/mol. The Kier molecular flexibility index (Phi) is 3.29. The van der Waals surface area contributed by atoms with Crippen molar-refractivity contribution in [2.75, 3.05) is 0 Å². The van der Waals surface area contributed by atoms with E-state index in [0.29, 0.717) is 5.92 Å². The Labute approximate surface area is 82.1 Å². The fourth-order valence-corrected chi connectivity index (χ4v) is 1.37. The maximum Gasteiger partial charge on any atom is 0.0861 e. The highest BCUT2D eigenvalue weighted by Crippen LogP contribution is 2.20. The standard InChI is InChI=1S/C10H14BrN/c1-7(2)8-3-5-9(6-4-8)10(11)12/h3-7,10H,12H2,1-2H3. The minimum atomic E-state index is -0.0429. The lowest BCUT2D eigenvalue weighted by Crippen LogP contribution is -2.01. The molecular weight excluding hydrogens is 214 g/mol. The second-order valence-electron chi connectivity index (χ2n) is 3.22. The van der Waals surface area contributed by atoms with E-state index in [-0.39, 0.29) is 4.95 Å². The largest absolute Gasteiger partial charge is 0.315 e. The van der Waals surface area contributed by atoms with Gasteiger partial charge in [0.25, 0.3) is 0 Å². The Hall–Kier alpha value is -0.340. The summed E-state index contributed by atoms with van der Waals surface area (Å²) in [5.41, 5.74) is 8.13. The van der Waals surface area contributed by atoms with Crippen molar-refractivity contribution < 1.29 is 0 Å². The first kappa shape index (κ1) is 9.75. The van der Waals surface area contributed by atoms with Crippen molar-refractivity contribution >= 4 is 15.9 Å². The number of alkyl halides is 1. The van der Waals surface area contributed by atoms with Crippen LogP contribution in [0.5, 0.6) is 0 Å². The quantitative estimate of drug-likeness (QED) is 0.610. The van der Waals surface area contributed by atoms with E-state index in [1.54, 1.807) is 0 Å². The first-order valence-electron chi connectivity index (χ1n) is 4.10. The molecule has 12 heavy (non-hydrogen) atoms. The Morgan fingerprint density at radius 2 is 1.50 bits per heavy atom. The van der Waals surface area contributed by atoms with Crippen LogP contribution in [-0.4, -0.2) is 0 Å². The molecule has 0 fully saturated rings. The molecule has 1 nitrogen and oxygen atoms in total. The normalized spacial score (nSPS) is 13.4. The van der Waals surface area contributed by atoms with Crippen LogP contribution in [0.15, 0.2) is 24.3 Å². The molecule has 2 N–H and O–H groups in total. The number of halogens is 1. The SMILES string of the molecule is CC(C)c1ccc(C(N)Br)cc1. The molecule has 0 aromatic heterocycles. The third kappa shape index (κ3) is 2.32. The van der Waals surface area contributed by atoms with Crippen molar-refractivity contribution in [2.24, 2.45) is 5.73 Å². The molecule has 1 rings (SSSR count). The first-order chi connectivity index (χ1) is 5.61. The average molecular weight is 228 g/mol. The molecule has 0 saturated carbocycles. The second-order valence-corrected chi connectivity index (χ2v) is 4.21. The Morgan fingerprint density at radius 1 is 1.08 bits per heavy atom. The van der Waals surface area contributed by atoms with Crippen LogP contribution in [0.1, 0.15) is 35.8 Å². The van der Waals surface area contributed by atoms with E-state index in [9.17, 15) is 0 Å². The number of nitrogens with two attached hydrogens (primary N) is 1. The van der Waals surface area contributed by atoms with Gasteiger partial charge in [0.1, 0.15) is 0 Å². The third-order valence-electron chi connectivity index (χ3n) is 1.92. The zero-order chi connectivity index (χ0) is 9.14. The van der Waals surface area contributed by atoms with Crippen LogP contribution in [0.2, 0.25) is 0 Å². The molecular formula is C10H14BrN. The molecule has 0 heterocycles. The molecule has 2 heteroatoms. The molecule has 0 spiro atoms. The fraction of sp³-hybridized carbons (Fsp3) is 0.400. The molecule has 0 aliphatic rings. The Morgan fingerprint density at radius 3 is 1.83 bits per heavy atom. The summed E-state index contributed by atoms with van der Waals surface area (Å²) in [5.74, 6) is 0.589. The van der Waals surface area contributed by atoms with Crippen LogP contribution < -0.4 is 5.73 Å². The van der Waals surface area contributed by atoms with Crippen LogP contribution >= 0.6 is 15.9 Å². The average Bonchev–Trinajstić information content (AvgIpc) is 2.04. The monoisotopic (exact) mass is 227 g/mol. The van der Waals surface area contributed by atoms with Crippen molar-refractivity contribution in [1.82, 2.24) is 0 Å². The molecule has 0 saturated heterocycles.